The van der Waals surface area contributed by atoms with E-state index in [4.69, 9.17) is 11.3 Å². The first-order chi connectivity index (χ1) is 39.8. The summed E-state index contributed by atoms with van der Waals surface area (Å²) < 4.78 is 70.4. The lowest BCUT2D eigenvalue weighted by atomic mass is 9.77. The van der Waals surface area contributed by atoms with E-state index in [0.717, 1.165) is 168 Å². The number of nitrogens with zero attached hydrogens (tertiary/aromatic N) is 3. The van der Waals surface area contributed by atoms with Crippen molar-refractivity contribution in [2.45, 2.75) is 207 Å². The van der Waals surface area contributed by atoms with E-state index in [1.165, 1.54) is 47.8 Å². The molecule has 0 radical (unpaired) electrons. The van der Waals surface area contributed by atoms with Crippen LogP contribution >= 0.6 is 39.5 Å². The van der Waals surface area contributed by atoms with Gasteiger partial charge in [0.25, 0.3) is 0 Å². The molecule has 0 aliphatic heterocycles. The minimum absolute atomic E-state index is 0.281. The monoisotopic (exact) mass is 1310 g/mol. The zero-order valence-electron chi connectivity index (χ0n) is 49.8. The van der Waals surface area contributed by atoms with Crippen molar-refractivity contribution in [3.63, 3.8) is 0 Å². The summed E-state index contributed by atoms with van der Waals surface area (Å²) in [6.45, 7) is 0. The number of hydrogen-bond donors (Lipinski definition) is 3. The molecule has 460 valence electrons. The van der Waals surface area contributed by atoms with Crippen molar-refractivity contribution in [1.29, 1.82) is 0 Å². The highest BCUT2D eigenvalue weighted by molar-refractivity contribution is 9.10. The zero-order chi connectivity index (χ0) is 61.5. The molecule has 0 amide bonds. The molecule has 0 heterocycles. The Labute approximate surface area is 519 Å². The Morgan fingerprint density at radius 1 is 0.476 bits per heavy atom. The second kappa shape index (κ2) is 33.4. The van der Waals surface area contributed by atoms with Gasteiger partial charge in [0, 0.05) is 56.3 Å². The van der Waals surface area contributed by atoms with E-state index in [1.54, 1.807) is 78.1 Å². The third-order valence-corrected chi connectivity index (χ3v) is 21.8. The Morgan fingerprint density at radius 2 is 0.821 bits per heavy atom. The second-order valence-electron chi connectivity index (χ2n) is 23.1. The van der Waals surface area contributed by atoms with Crippen molar-refractivity contribution in [3.8, 4) is 0 Å². The number of thioether (sulfide) groups is 2. The highest BCUT2D eigenvalue weighted by atomic mass is 79.9. The summed E-state index contributed by atoms with van der Waals surface area (Å²) in [5.74, 6) is 0.464. The Bertz CT molecular complexity index is 3190. The van der Waals surface area contributed by atoms with Crippen LogP contribution in [0.3, 0.4) is 0 Å². The Morgan fingerprint density at radius 3 is 1.21 bits per heavy atom. The molecule has 5 saturated carbocycles. The van der Waals surface area contributed by atoms with E-state index in [2.05, 4.69) is 68.8 Å². The van der Waals surface area contributed by atoms with Crippen LogP contribution in [0.2, 0.25) is 0 Å². The molecule has 84 heavy (non-hydrogen) atoms. The second-order valence-corrected chi connectivity index (χ2v) is 31.8. The van der Waals surface area contributed by atoms with E-state index in [-0.39, 0.29) is 15.3 Å². The number of hydrogen-bond acceptors (Lipinski definition) is 13. The highest BCUT2D eigenvalue weighted by Gasteiger charge is 2.35. The summed E-state index contributed by atoms with van der Waals surface area (Å²) in [5.41, 5.74) is 16.5. The topological polar surface area (TPSA) is 235 Å². The molecule has 5 aliphatic rings. The molecule has 0 aromatic heterocycles. The predicted octanol–water partition coefficient (Wildman–Crippen LogP) is 16.3. The zero-order valence-corrected chi connectivity index (χ0v) is 55.5. The first-order valence-electron chi connectivity index (χ1n) is 29.5. The number of halogens is 1. The average Bonchev–Trinajstić information content (AvgIpc) is 3.50. The fourth-order valence-electron chi connectivity index (χ4n) is 11.5. The van der Waals surface area contributed by atoms with Crippen LogP contribution in [-0.4, -0.2) is 72.5 Å². The van der Waals surface area contributed by atoms with Gasteiger partial charge in [-0.25, -0.2) is 25.3 Å². The van der Waals surface area contributed by atoms with Gasteiger partial charge < -0.3 is 15.9 Å². The van der Waals surface area contributed by atoms with Gasteiger partial charge in [-0.1, -0.05) is 159 Å². The van der Waals surface area contributed by atoms with E-state index in [1.807, 2.05) is 36.4 Å². The lowest BCUT2D eigenvalue weighted by Crippen LogP contribution is -2.38. The van der Waals surface area contributed by atoms with Gasteiger partial charge in [-0.05, 0) is 171 Å². The Kier molecular flexibility index (Phi) is 28.1. The largest absolute Gasteiger partial charge is 0.385 e. The Hall–Kier alpha value is -4.01. The predicted molar refractivity (Wildman–Crippen MR) is 348 cm³/mol. The number of azide groups is 1. The molecule has 0 atom stereocenters. The van der Waals surface area contributed by atoms with Gasteiger partial charge in [-0.15, -0.1) is 23.5 Å². The van der Waals surface area contributed by atoms with E-state index < -0.39 is 46.3 Å². The molecule has 19 heteroatoms. The standard InChI is InChI=1S/C13H17N3O2S.C13H19NO2S.C13H18O3S.C13H18OS.C7H7BrS.C6H10O/c1-19(17,18)12-7-5-6-11(10-12)13(15-16-14)8-3-2-4-9-13;2*1-17(15,16)12-7-5-6-11(10-12)13(14)8-3-2-4-9-13;1-15-12-7-5-6-11(10-12)13(14)8-3-2-4-9-13;1-9-7-4-2-3-6(8)5-7;7-6-4-2-1-3-5-6/h5-7,10H,2-4,8-9H2,1H3;5-7,10H,2-4,8-9,14H2,1H3;5-7,10,14H,2-4,8-9H2,1H3;5-7,10,14H,2-4,8-9H2,1H3;2-5H,1H3;1-5H2. The SMILES string of the molecule is CS(=O)(=O)c1cccc(C2(N)CCCCC2)c1.CS(=O)(=O)c1cccc(C2(N=[N+]=[N-])CCCCC2)c1.CS(=O)(=O)c1cccc(C2(O)CCCCC2)c1.CSc1cccc(Br)c1.CSc1cccc(C2(O)CCCCC2)c1.O=C1CCCCC1. The summed E-state index contributed by atoms with van der Waals surface area (Å²) in [5, 5.41) is 25.1. The van der Waals surface area contributed by atoms with E-state index >= 15 is 0 Å². The van der Waals surface area contributed by atoms with Crippen molar-refractivity contribution >= 4 is 74.7 Å². The summed E-state index contributed by atoms with van der Waals surface area (Å²) in [4.78, 5) is 16.9. The average molecular weight is 1310 g/mol. The molecule has 4 N–H and O–H groups in total. The highest BCUT2D eigenvalue weighted by Crippen LogP contribution is 2.43. The maximum absolute atomic E-state index is 11.6. The molecular formula is C65H89BrN4O9S5. The van der Waals surface area contributed by atoms with Gasteiger partial charge in [0.15, 0.2) is 29.5 Å². The molecule has 5 aromatic rings. The number of benzene rings is 5. The van der Waals surface area contributed by atoms with E-state index in [9.17, 15) is 40.3 Å². The van der Waals surface area contributed by atoms with Crippen LogP contribution in [0.4, 0.5) is 0 Å². The molecule has 0 saturated heterocycles. The third kappa shape index (κ3) is 22.3. The molecular weight excluding hydrogens is 1220 g/mol. The number of sulfone groups is 3. The maximum atomic E-state index is 11.6. The van der Waals surface area contributed by atoms with Crippen LogP contribution in [0.15, 0.2) is 155 Å². The number of rotatable bonds is 10. The molecule has 0 unspecified atom stereocenters. The molecule has 0 spiro atoms. The van der Waals surface area contributed by atoms with Crippen LogP contribution in [0.1, 0.15) is 183 Å². The van der Waals surface area contributed by atoms with Crippen molar-refractivity contribution in [2.75, 3.05) is 31.3 Å². The van der Waals surface area contributed by atoms with Crippen molar-refractivity contribution in [1.82, 2.24) is 0 Å². The van der Waals surface area contributed by atoms with Gasteiger partial charge >= 0.3 is 0 Å². The van der Waals surface area contributed by atoms with Crippen molar-refractivity contribution in [2.24, 2.45) is 10.8 Å². The summed E-state index contributed by atoms with van der Waals surface area (Å²) in [6.07, 6.45) is 33.1. The first kappa shape index (κ1) is 70.7. The number of ketones is 1. The number of carbonyl (C=O) groups excluding carboxylic acids is 1. The van der Waals surface area contributed by atoms with Crippen LogP contribution in [-0.2, 0) is 56.6 Å². The van der Waals surface area contributed by atoms with E-state index in [0.29, 0.717) is 10.7 Å². The maximum Gasteiger partial charge on any atom is 0.175 e. The van der Waals surface area contributed by atoms with Crippen LogP contribution in [0, 0.1) is 0 Å². The van der Waals surface area contributed by atoms with Crippen LogP contribution < -0.4 is 5.73 Å². The molecule has 5 aromatic carbocycles. The fourth-order valence-corrected chi connectivity index (χ4v) is 15.0. The minimum Gasteiger partial charge on any atom is -0.385 e. The summed E-state index contributed by atoms with van der Waals surface area (Å²) in [7, 11) is -9.59. The Balaban J connectivity index is 0.000000189. The number of aliphatic hydroxyl groups is 2. The molecule has 13 nitrogen and oxygen atoms in total. The molecule has 0 bridgehead atoms. The van der Waals surface area contributed by atoms with Gasteiger partial charge in [0.05, 0.1) is 31.4 Å². The van der Waals surface area contributed by atoms with Crippen LogP contribution in [0.5, 0.6) is 0 Å². The lowest BCUT2D eigenvalue weighted by molar-refractivity contribution is -0.120. The lowest BCUT2D eigenvalue weighted by Gasteiger charge is -2.34. The smallest absolute Gasteiger partial charge is 0.175 e. The quantitative estimate of drug-likeness (QED) is 0.0513. The van der Waals surface area contributed by atoms with Gasteiger partial charge in [-0.2, -0.15) is 0 Å². The van der Waals surface area contributed by atoms with Gasteiger partial charge in [0.1, 0.15) is 5.78 Å². The van der Waals surface area contributed by atoms with Gasteiger partial charge in [-0.3, -0.25) is 4.79 Å². The minimum atomic E-state index is -3.24. The number of nitrogens with two attached hydrogens (primary N) is 1. The third-order valence-electron chi connectivity index (χ3n) is 16.5. The van der Waals surface area contributed by atoms with Gasteiger partial charge in [0.2, 0.25) is 0 Å². The molecule has 10 rings (SSSR count). The summed E-state index contributed by atoms with van der Waals surface area (Å²) in [6, 6.07) is 37.2. The molecule has 5 aliphatic carbocycles. The normalized spacial score (nSPS) is 18.8. The van der Waals surface area contributed by atoms with Crippen LogP contribution in [0.25, 0.3) is 10.4 Å². The number of Topliss-reactive ketones (excluding diaryl/α,β-unsaturated/α-hetero) is 1. The fraction of sp³-hybridized carbons (Fsp3) is 0.523. The first-order valence-corrected chi connectivity index (χ1v) is 38.4. The summed E-state index contributed by atoms with van der Waals surface area (Å²) >= 11 is 6.88. The van der Waals surface area contributed by atoms with Crippen molar-refractivity contribution in [3.05, 3.63) is 158 Å². The molecule has 5 fully saturated rings. The number of carbonyl (C=O) groups is 1. The van der Waals surface area contributed by atoms with Crippen molar-refractivity contribution < 1.29 is 40.3 Å².